The van der Waals surface area contributed by atoms with Crippen LogP contribution in [0.25, 0.3) is 0 Å². The summed E-state index contributed by atoms with van der Waals surface area (Å²) in [5, 5.41) is 18.8. The maximum Gasteiger partial charge on any atom is 0.204 e. The Labute approximate surface area is 80.5 Å². The van der Waals surface area contributed by atoms with E-state index in [0.29, 0.717) is 6.29 Å². The van der Waals surface area contributed by atoms with Crippen LogP contribution in [0.15, 0.2) is 6.07 Å². The highest BCUT2D eigenvalue weighted by Crippen LogP contribution is 2.42. The Morgan fingerprint density at radius 2 is 1.93 bits per heavy atom. The highest BCUT2D eigenvalue weighted by molar-refractivity contribution is 5.86. The van der Waals surface area contributed by atoms with Crippen molar-refractivity contribution in [2.24, 2.45) is 0 Å². The molecule has 14 heavy (non-hydrogen) atoms. The predicted octanol–water partition coefficient (Wildman–Crippen LogP) is 0.927. The number of aromatic hydroxyl groups is 2. The van der Waals surface area contributed by atoms with Gasteiger partial charge in [-0.15, -0.1) is 0 Å². The van der Waals surface area contributed by atoms with Crippen LogP contribution in [0.1, 0.15) is 10.4 Å². The van der Waals surface area contributed by atoms with Gasteiger partial charge < -0.3 is 19.7 Å². The number of hydrogen-bond acceptors (Lipinski definition) is 5. The molecule has 0 spiro atoms. The average Bonchev–Trinajstić information content (AvgIpc) is 2.17. The van der Waals surface area contributed by atoms with Crippen molar-refractivity contribution in [1.29, 1.82) is 0 Å². The van der Waals surface area contributed by atoms with E-state index >= 15 is 0 Å². The average molecular weight is 198 g/mol. The zero-order chi connectivity index (χ0) is 10.7. The summed E-state index contributed by atoms with van der Waals surface area (Å²) in [7, 11) is 2.68. The third kappa shape index (κ3) is 1.44. The molecule has 5 heteroatoms. The fourth-order valence-electron chi connectivity index (χ4n) is 1.09. The van der Waals surface area contributed by atoms with E-state index < -0.39 is 5.75 Å². The summed E-state index contributed by atoms with van der Waals surface area (Å²) in [6.07, 6.45) is 0.340. The summed E-state index contributed by atoms with van der Waals surface area (Å²) >= 11 is 0. The molecule has 1 aromatic carbocycles. The third-order valence-corrected chi connectivity index (χ3v) is 1.78. The van der Waals surface area contributed by atoms with Crippen LogP contribution in [0.2, 0.25) is 0 Å². The Morgan fingerprint density at radius 3 is 2.36 bits per heavy atom. The number of aldehydes is 1. The number of benzene rings is 1. The SMILES string of the molecule is COc1cc(O)c(C=O)c(O)c1OC. The van der Waals surface area contributed by atoms with Crippen LogP contribution in [-0.2, 0) is 0 Å². The molecule has 0 radical (unpaired) electrons. The fourth-order valence-corrected chi connectivity index (χ4v) is 1.09. The standard InChI is InChI=1S/C9H10O5/c1-13-7-3-6(11)5(4-10)8(12)9(7)14-2/h3-4,11-12H,1-2H3. The number of rotatable bonds is 3. The number of methoxy groups -OCH3 is 2. The topological polar surface area (TPSA) is 76.0 Å². The van der Waals surface area contributed by atoms with Gasteiger partial charge in [-0.05, 0) is 0 Å². The first-order valence-electron chi connectivity index (χ1n) is 3.77. The zero-order valence-corrected chi connectivity index (χ0v) is 7.77. The minimum absolute atomic E-state index is 0.0207. The van der Waals surface area contributed by atoms with Crippen molar-refractivity contribution in [3.63, 3.8) is 0 Å². The van der Waals surface area contributed by atoms with Crippen LogP contribution >= 0.6 is 0 Å². The van der Waals surface area contributed by atoms with E-state index in [-0.39, 0.29) is 22.8 Å². The van der Waals surface area contributed by atoms with Crippen LogP contribution in [0.3, 0.4) is 0 Å². The summed E-state index contributed by atoms with van der Waals surface area (Å²) in [5.41, 5.74) is -0.220. The monoisotopic (exact) mass is 198 g/mol. The number of carbonyl (C=O) groups is 1. The summed E-state index contributed by atoms with van der Waals surface area (Å²) in [5.74, 6) is -0.602. The molecule has 1 aromatic rings. The van der Waals surface area contributed by atoms with Gasteiger partial charge in [0.25, 0.3) is 0 Å². The molecule has 0 heterocycles. The molecular formula is C9H10O5. The minimum atomic E-state index is -0.431. The lowest BCUT2D eigenvalue weighted by molar-refractivity contribution is 0.111. The first kappa shape index (κ1) is 10.2. The molecule has 0 aliphatic carbocycles. The van der Waals surface area contributed by atoms with Gasteiger partial charge in [-0.25, -0.2) is 0 Å². The molecule has 1 rings (SSSR count). The Kier molecular flexibility index (Phi) is 2.81. The maximum atomic E-state index is 10.5. The first-order valence-corrected chi connectivity index (χ1v) is 3.77. The zero-order valence-electron chi connectivity index (χ0n) is 7.77. The summed E-state index contributed by atoms with van der Waals surface area (Å²) in [4.78, 5) is 10.5. The van der Waals surface area contributed by atoms with Crippen LogP contribution in [0.5, 0.6) is 23.0 Å². The minimum Gasteiger partial charge on any atom is -0.507 e. The van der Waals surface area contributed by atoms with E-state index in [0.717, 1.165) is 0 Å². The van der Waals surface area contributed by atoms with E-state index in [2.05, 4.69) is 0 Å². The molecule has 2 N–H and O–H groups in total. The molecule has 0 saturated heterocycles. The molecule has 0 saturated carbocycles. The maximum absolute atomic E-state index is 10.5. The van der Waals surface area contributed by atoms with Gasteiger partial charge in [0.2, 0.25) is 5.75 Å². The van der Waals surface area contributed by atoms with Gasteiger partial charge in [0, 0.05) is 6.07 Å². The Balaban J connectivity index is 3.46. The van der Waals surface area contributed by atoms with Crippen LogP contribution in [0, 0.1) is 0 Å². The van der Waals surface area contributed by atoms with E-state index in [4.69, 9.17) is 9.47 Å². The second kappa shape index (κ2) is 3.87. The van der Waals surface area contributed by atoms with Crippen LogP contribution in [-0.4, -0.2) is 30.7 Å². The van der Waals surface area contributed by atoms with Gasteiger partial charge in [-0.2, -0.15) is 0 Å². The highest BCUT2D eigenvalue weighted by Gasteiger charge is 2.17. The second-order valence-electron chi connectivity index (χ2n) is 2.51. The Bertz CT molecular complexity index is 359. The lowest BCUT2D eigenvalue weighted by Gasteiger charge is -2.11. The molecule has 0 atom stereocenters. The molecule has 0 bridgehead atoms. The molecule has 76 valence electrons. The Morgan fingerprint density at radius 1 is 1.29 bits per heavy atom. The van der Waals surface area contributed by atoms with Gasteiger partial charge >= 0.3 is 0 Å². The molecule has 5 nitrogen and oxygen atoms in total. The van der Waals surface area contributed by atoms with E-state index in [1.165, 1.54) is 20.3 Å². The van der Waals surface area contributed by atoms with Gasteiger partial charge in [-0.1, -0.05) is 0 Å². The van der Waals surface area contributed by atoms with Crippen molar-refractivity contribution < 1.29 is 24.5 Å². The number of phenolic OH excluding ortho intramolecular Hbond substituents is 2. The molecule has 0 aromatic heterocycles. The van der Waals surface area contributed by atoms with E-state index in [1.54, 1.807) is 0 Å². The normalized spacial score (nSPS) is 9.57. The van der Waals surface area contributed by atoms with Gasteiger partial charge in [0.1, 0.15) is 11.3 Å². The molecule has 0 amide bonds. The number of ether oxygens (including phenoxy) is 2. The van der Waals surface area contributed by atoms with Crippen molar-refractivity contribution >= 4 is 6.29 Å². The second-order valence-corrected chi connectivity index (χ2v) is 2.51. The van der Waals surface area contributed by atoms with Crippen molar-refractivity contribution in [2.45, 2.75) is 0 Å². The molecule has 0 fully saturated rings. The number of carbonyl (C=O) groups excluding carboxylic acids is 1. The third-order valence-electron chi connectivity index (χ3n) is 1.78. The highest BCUT2D eigenvalue weighted by atomic mass is 16.5. The van der Waals surface area contributed by atoms with Crippen molar-refractivity contribution in [3.8, 4) is 23.0 Å². The first-order chi connectivity index (χ1) is 6.65. The smallest absolute Gasteiger partial charge is 0.204 e. The summed E-state index contributed by atoms with van der Waals surface area (Å²) in [6, 6.07) is 1.20. The molecule has 0 aliphatic heterocycles. The van der Waals surface area contributed by atoms with E-state index in [9.17, 15) is 15.0 Å². The quantitative estimate of drug-likeness (QED) is 0.706. The lowest BCUT2D eigenvalue weighted by Crippen LogP contribution is -1.94. The summed E-state index contributed by atoms with van der Waals surface area (Å²) in [6.45, 7) is 0. The number of hydrogen-bond donors (Lipinski definition) is 2. The van der Waals surface area contributed by atoms with E-state index in [1.807, 2.05) is 0 Å². The molecule has 0 aliphatic rings. The van der Waals surface area contributed by atoms with Crippen molar-refractivity contribution in [3.05, 3.63) is 11.6 Å². The molecule has 0 unspecified atom stereocenters. The summed E-state index contributed by atoms with van der Waals surface area (Å²) < 4.78 is 9.66. The van der Waals surface area contributed by atoms with Gasteiger partial charge in [0.15, 0.2) is 17.8 Å². The number of phenols is 2. The van der Waals surface area contributed by atoms with Crippen LogP contribution in [0.4, 0.5) is 0 Å². The van der Waals surface area contributed by atoms with Crippen molar-refractivity contribution in [2.75, 3.05) is 14.2 Å². The lowest BCUT2D eigenvalue weighted by atomic mass is 10.1. The van der Waals surface area contributed by atoms with Crippen LogP contribution < -0.4 is 9.47 Å². The van der Waals surface area contributed by atoms with Gasteiger partial charge in [-0.3, -0.25) is 4.79 Å². The largest absolute Gasteiger partial charge is 0.507 e. The van der Waals surface area contributed by atoms with Crippen molar-refractivity contribution in [1.82, 2.24) is 0 Å². The Hall–Kier alpha value is -1.91. The van der Waals surface area contributed by atoms with Gasteiger partial charge in [0.05, 0.1) is 14.2 Å². The molecular weight excluding hydrogens is 188 g/mol. The fraction of sp³-hybridized carbons (Fsp3) is 0.222. The predicted molar refractivity (Wildman–Crippen MR) is 48.3 cm³/mol.